The summed E-state index contributed by atoms with van der Waals surface area (Å²) < 4.78 is 0. The first kappa shape index (κ1) is 9.85. The number of nitriles is 1. The Kier molecular flexibility index (Phi) is 2.77. The fourth-order valence-corrected chi connectivity index (χ4v) is 2.00. The van der Waals surface area contributed by atoms with Crippen molar-refractivity contribution >= 4 is 5.69 Å². The van der Waals surface area contributed by atoms with Crippen LogP contribution in [0, 0.1) is 11.3 Å². The first-order valence-corrected chi connectivity index (χ1v) is 5.29. The van der Waals surface area contributed by atoms with Crippen LogP contribution in [0.3, 0.4) is 0 Å². The molecule has 1 fully saturated rings. The van der Waals surface area contributed by atoms with Crippen molar-refractivity contribution in [2.24, 2.45) is 0 Å². The summed E-state index contributed by atoms with van der Waals surface area (Å²) >= 11 is 0. The lowest BCUT2D eigenvalue weighted by Crippen LogP contribution is -2.29. The molecule has 0 spiro atoms. The number of piperidine rings is 1. The van der Waals surface area contributed by atoms with E-state index in [-0.39, 0.29) is 5.75 Å². The first-order valence-electron chi connectivity index (χ1n) is 5.29. The predicted octanol–water partition coefficient (Wildman–Crippen LogP) is 2.25. The molecule has 0 bridgehead atoms. The van der Waals surface area contributed by atoms with Gasteiger partial charge in [0.1, 0.15) is 5.75 Å². The van der Waals surface area contributed by atoms with Crippen LogP contribution in [0.25, 0.3) is 0 Å². The van der Waals surface area contributed by atoms with Gasteiger partial charge in [-0.15, -0.1) is 0 Å². The number of phenolic OH excluding ortho intramolecular Hbond substituents is 1. The van der Waals surface area contributed by atoms with Crippen LogP contribution in [0.15, 0.2) is 18.2 Å². The lowest BCUT2D eigenvalue weighted by Gasteiger charge is -2.29. The normalized spacial score (nSPS) is 16.1. The van der Waals surface area contributed by atoms with Crippen LogP contribution in [-0.4, -0.2) is 18.2 Å². The van der Waals surface area contributed by atoms with E-state index in [1.165, 1.54) is 25.3 Å². The van der Waals surface area contributed by atoms with Crippen molar-refractivity contribution < 1.29 is 5.11 Å². The second-order valence-electron chi connectivity index (χ2n) is 3.86. The molecule has 3 nitrogen and oxygen atoms in total. The van der Waals surface area contributed by atoms with Gasteiger partial charge in [-0.2, -0.15) is 5.26 Å². The average molecular weight is 202 g/mol. The molecule has 1 aromatic carbocycles. The lowest BCUT2D eigenvalue weighted by molar-refractivity contribution is 0.469. The minimum absolute atomic E-state index is 0.218. The SMILES string of the molecule is N#Cc1ccc(N2CCCCC2)c(O)c1. The van der Waals surface area contributed by atoms with Crippen molar-refractivity contribution in [2.45, 2.75) is 19.3 Å². The van der Waals surface area contributed by atoms with Crippen LogP contribution < -0.4 is 4.90 Å². The predicted molar refractivity (Wildman–Crippen MR) is 58.9 cm³/mol. The van der Waals surface area contributed by atoms with Crippen molar-refractivity contribution in [3.8, 4) is 11.8 Å². The number of anilines is 1. The van der Waals surface area contributed by atoms with E-state index >= 15 is 0 Å². The Hall–Kier alpha value is -1.69. The summed E-state index contributed by atoms with van der Waals surface area (Å²) in [5.74, 6) is 0.218. The van der Waals surface area contributed by atoms with Gasteiger partial charge < -0.3 is 10.0 Å². The lowest BCUT2D eigenvalue weighted by atomic mass is 10.1. The number of phenols is 1. The quantitative estimate of drug-likeness (QED) is 0.759. The van der Waals surface area contributed by atoms with E-state index in [1.54, 1.807) is 6.07 Å². The largest absolute Gasteiger partial charge is 0.506 e. The Labute approximate surface area is 89.6 Å². The Balaban J connectivity index is 2.24. The average Bonchev–Trinajstić information content (AvgIpc) is 2.30. The molecule has 2 rings (SSSR count). The first-order chi connectivity index (χ1) is 7.31. The zero-order valence-electron chi connectivity index (χ0n) is 8.61. The highest BCUT2D eigenvalue weighted by Crippen LogP contribution is 2.30. The van der Waals surface area contributed by atoms with Crippen LogP contribution in [-0.2, 0) is 0 Å². The maximum absolute atomic E-state index is 9.78. The van der Waals surface area contributed by atoms with E-state index < -0.39 is 0 Å². The van der Waals surface area contributed by atoms with Gasteiger partial charge in [-0.3, -0.25) is 0 Å². The molecule has 3 heteroatoms. The molecule has 1 aliphatic rings. The summed E-state index contributed by atoms with van der Waals surface area (Å²) in [5.41, 5.74) is 1.36. The van der Waals surface area contributed by atoms with E-state index in [0.717, 1.165) is 18.8 Å². The van der Waals surface area contributed by atoms with Gasteiger partial charge >= 0.3 is 0 Å². The molecule has 1 heterocycles. The van der Waals surface area contributed by atoms with Crippen LogP contribution in [0.2, 0.25) is 0 Å². The molecule has 0 atom stereocenters. The van der Waals surface area contributed by atoms with E-state index in [9.17, 15) is 5.11 Å². The van der Waals surface area contributed by atoms with Crippen LogP contribution in [0.1, 0.15) is 24.8 Å². The maximum Gasteiger partial charge on any atom is 0.140 e. The fraction of sp³-hybridized carbons (Fsp3) is 0.417. The third kappa shape index (κ3) is 2.04. The van der Waals surface area contributed by atoms with Crippen molar-refractivity contribution in [3.05, 3.63) is 23.8 Å². The highest BCUT2D eigenvalue weighted by Gasteiger charge is 2.14. The number of benzene rings is 1. The topological polar surface area (TPSA) is 47.3 Å². The summed E-state index contributed by atoms with van der Waals surface area (Å²) in [7, 11) is 0. The van der Waals surface area contributed by atoms with Crippen LogP contribution in [0.4, 0.5) is 5.69 Å². The summed E-state index contributed by atoms with van der Waals surface area (Å²) in [4.78, 5) is 2.18. The van der Waals surface area contributed by atoms with Gasteiger partial charge in [-0.05, 0) is 37.5 Å². The highest BCUT2D eigenvalue weighted by atomic mass is 16.3. The van der Waals surface area contributed by atoms with Crippen LogP contribution >= 0.6 is 0 Å². The van der Waals surface area contributed by atoms with Gasteiger partial charge in [-0.25, -0.2) is 0 Å². The molecule has 0 unspecified atom stereocenters. The Morgan fingerprint density at radius 2 is 1.93 bits per heavy atom. The molecule has 1 saturated heterocycles. The second kappa shape index (κ2) is 4.22. The molecule has 1 aromatic rings. The third-order valence-electron chi connectivity index (χ3n) is 2.80. The zero-order chi connectivity index (χ0) is 10.7. The van der Waals surface area contributed by atoms with E-state index in [1.807, 2.05) is 12.1 Å². The van der Waals surface area contributed by atoms with E-state index in [4.69, 9.17) is 5.26 Å². The van der Waals surface area contributed by atoms with Crippen molar-refractivity contribution in [2.75, 3.05) is 18.0 Å². The molecule has 15 heavy (non-hydrogen) atoms. The summed E-state index contributed by atoms with van der Waals surface area (Å²) in [6.45, 7) is 2.00. The summed E-state index contributed by atoms with van der Waals surface area (Å²) in [6.07, 6.45) is 3.63. The minimum atomic E-state index is 0.218. The number of rotatable bonds is 1. The molecule has 0 amide bonds. The molecule has 78 valence electrons. The Morgan fingerprint density at radius 3 is 2.53 bits per heavy atom. The summed E-state index contributed by atoms with van der Waals surface area (Å²) in [6, 6.07) is 7.14. The molecule has 0 saturated carbocycles. The second-order valence-corrected chi connectivity index (χ2v) is 3.86. The molecule has 0 radical (unpaired) electrons. The van der Waals surface area contributed by atoms with Gasteiger partial charge in [-0.1, -0.05) is 0 Å². The number of hydrogen-bond donors (Lipinski definition) is 1. The fourth-order valence-electron chi connectivity index (χ4n) is 2.00. The molecular weight excluding hydrogens is 188 g/mol. The molecular formula is C12H14N2O. The van der Waals surface area contributed by atoms with Gasteiger partial charge in [0.05, 0.1) is 17.3 Å². The van der Waals surface area contributed by atoms with Gasteiger partial charge in [0, 0.05) is 13.1 Å². The molecule has 0 aromatic heterocycles. The van der Waals surface area contributed by atoms with Gasteiger partial charge in [0.15, 0.2) is 0 Å². The van der Waals surface area contributed by atoms with Gasteiger partial charge in [0.2, 0.25) is 0 Å². The van der Waals surface area contributed by atoms with E-state index in [2.05, 4.69) is 4.90 Å². The van der Waals surface area contributed by atoms with Crippen LogP contribution in [0.5, 0.6) is 5.75 Å². The van der Waals surface area contributed by atoms with Gasteiger partial charge in [0.25, 0.3) is 0 Å². The highest BCUT2D eigenvalue weighted by molar-refractivity contribution is 5.60. The number of nitrogens with zero attached hydrogens (tertiary/aromatic N) is 2. The monoisotopic (exact) mass is 202 g/mol. The Bertz CT molecular complexity index is 389. The van der Waals surface area contributed by atoms with E-state index in [0.29, 0.717) is 5.56 Å². The molecule has 1 aliphatic heterocycles. The van der Waals surface area contributed by atoms with Crippen molar-refractivity contribution in [3.63, 3.8) is 0 Å². The van der Waals surface area contributed by atoms with Crippen molar-refractivity contribution in [1.29, 1.82) is 5.26 Å². The van der Waals surface area contributed by atoms with Crippen molar-refractivity contribution in [1.82, 2.24) is 0 Å². The molecule has 0 aliphatic carbocycles. The standard InChI is InChI=1S/C12H14N2O/c13-9-10-4-5-11(12(15)8-10)14-6-2-1-3-7-14/h4-5,8,15H,1-3,6-7H2. The third-order valence-corrected chi connectivity index (χ3v) is 2.80. The smallest absolute Gasteiger partial charge is 0.140 e. The molecule has 1 N–H and O–H groups in total. The number of hydrogen-bond acceptors (Lipinski definition) is 3. The number of aromatic hydroxyl groups is 1. The zero-order valence-corrected chi connectivity index (χ0v) is 8.61. The summed E-state index contributed by atoms with van der Waals surface area (Å²) in [5, 5.41) is 18.5. The maximum atomic E-state index is 9.78. The Morgan fingerprint density at radius 1 is 1.20 bits per heavy atom. The minimum Gasteiger partial charge on any atom is -0.506 e.